The van der Waals surface area contributed by atoms with E-state index in [0.717, 1.165) is 46.2 Å². The minimum atomic E-state index is -5.96. The summed E-state index contributed by atoms with van der Waals surface area (Å²) >= 11 is -5.96. The molecular weight excluding hydrogens is 785 g/mol. The number of rotatable bonds is 15. The van der Waals surface area contributed by atoms with E-state index >= 15 is 0 Å². The van der Waals surface area contributed by atoms with Crippen molar-refractivity contribution >= 4 is 46.5 Å². The molecule has 4 aromatic rings. The van der Waals surface area contributed by atoms with Gasteiger partial charge in [0.25, 0.3) is 0 Å². The van der Waals surface area contributed by atoms with E-state index in [9.17, 15) is 9.59 Å². The fraction of sp³-hybridized carbons (Fsp3) is 0.348. The van der Waals surface area contributed by atoms with Crippen LogP contribution in [0.25, 0.3) is 34.4 Å². The van der Waals surface area contributed by atoms with Crippen LogP contribution < -0.4 is 10.5 Å². The van der Waals surface area contributed by atoms with Crippen LogP contribution in [0.2, 0.25) is 0 Å². The number of carbonyl (C=O) groups excluding carboxylic acids is 2. The zero-order chi connectivity index (χ0) is 39.0. The van der Waals surface area contributed by atoms with Crippen molar-refractivity contribution < 1.29 is 25.8 Å². The molecule has 4 aromatic carbocycles. The Balaban J connectivity index is 1.72. The van der Waals surface area contributed by atoms with Crippen LogP contribution in [0.5, 0.6) is 0 Å². The molecule has 0 heterocycles. The summed E-state index contributed by atoms with van der Waals surface area (Å²) in [5.41, 5.74) is 13.9. The Bertz CT molecular complexity index is 1980. The third kappa shape index (κ3) is 6.73. The molecule has 0 aliphatic heterocycles. The third-order valence-electron chi connectivity index (χ3n) is 12.4. The fourth-order valence-corrected chi connectivity index (χ4v) is 30.1. The Hall–Kier alpha value is -3.17. The van der Waals surface area contributed by atoms with Crippen molar-refractivity contribution in [1.82, 2.24) is 10.5 Å². The molecule has 0 radical (unpaired) electrons. The molecule has 0 bridgehead atoms. The molecule has 0 aromatic heterocycles. The molecule has 8 heteroatoms. The molecule has 2 N–H and O–H groups in total. The Morgan fingerprint density at radius 3 is 1.31 bits per heavy atom. The van der Waals surface area contributed by atoms with Crippen LogP contribution in [-0.4, -0.2) is 17.3 Å². The standard InChI is InChI=1S/2C22H25.C2H3BN2O2.2ClH.Zr/c2*1-5-16(4)18-13-17-9-8-12-21(22(17)14-18)20-11-7-6-10-19(20)15(2)3;6-1-4-3-5-2-7;;;/h2*6-16H,5H2,1-4H3;1-2H,(H-,4,5,6,7);2*1H;/q;;;;;+1/p-1. The van der Waals surface area contributed by atoms with Crippen molar-refractivity contribution in [3.8, 4) is 22.3 Å². The van der Waals surface area contributed by atoms with Crippen molar-refractivity contribution in [3.63, 3.8) is 0 Å². The van der Waals surface area contributed by atoms with Gasteiger partial charge in [0, 0.05) is 0 Å². The van der Waals surface area contributed by atoms with Crippen LogP contribution in [0.1, 0.15) is 121 Å². The number of hydrogen-bond acceptors (Lipinski definition) is 2. The summed E-state index contributed by atoms with van der Waals surface area (Å²) in [6.45, 7) is 17.8. The molecule has 0 saturated heterocycles. The number of benzene rings is 4. The number of carbonyl (C=O) groups is 2. The predicted octanol–water partition coefficient (Wildman–Crippen LogP) is 12.4. The molecule has 0 fully saturated rings. The van der Waals surface area contributed by atoms with Crippen LogP contribution >= 0.6 is 17.0 Å². The molecule has 281 valence electrons. The Kier molecular flexibility index (Phi) is 12.1. The number of fused-ring (bicyclic) bond motifs is 2. The van der Waals surface area contributed by atoms with Gasteiger partial charge in [-0.1, -0.05) is 0 Å². The first-order chi connectivity index (χ1) is 25.8. The zero-order valence-electron chi connectivity index (χ0n) is 32.9. The van der Waals surface area contributed by atoms with Crippen LogP contribution in [0.15, 0.2) is 96.1 Å². The first-order valence-corrected chi connectivity index (χ1v) is 30.3. The summed E-state index contributed by atoms with van der Waals surface area (Å²) in [4.78, 5) is 25.3. The van der Waals surface area contributed by atoms with E-state index in [1.807, 2.05) is 0 Å². The third-order valence-corrected chi connectivity index (χ3v) is 32.3. The molecule has 4 nitrogen and oxygen atoms in total. The molecule has 0 saturated carbocycles. The summed E-state index contributed by atoms with van der Waals surface area (Å²) in [6.07, 6.45) is 7.74. The van der Waals surface area contributed by atoms with E-state index in [-0.39, 0.29) is 11.8 Å². The quantitative estimate of drug-likeness (QED) is 0.0925. The Morgan fingerprint density at radius 2 is 0.963 bits per heavy atom. The Morgan fingerprint density at radius 1 is 0.593 bits per heavy atom. The van der Waals surface area contributed by atoms with Crippen molar-refractivity contribution in [3.05, 3.63) is 129 Å². The summed E-state index contributed by atoms with van der Waals surface area (Å²) < 4.78 is -1.79. The average Bonchev–Trinajstić information content (AvgIpc) is 3.78. The maximum absolute atomic E-state index is 12.6. The van der Waals surface area contributed by atoms with Gasteiger partial charge in [0.05, 0.1) is 0 Å². The summed E-state index contributed by atoms with van der Waals surface area (Å²) in [7, 11) is 17.6. The number of halogens is 2. The molecular formula is C46H54BCl2N2O2Zr. The monoisotopic (exact) mass is 837 g/mol. The van der Waals surface area contributed by atoms with Gasteiger partial charge in [-0.3, -0.25) is 0 Å². The number of hydrogen-bond donors (Lipinski definition) is 2. The predicted molar refractivity (Wildman–Crippen MR) is 228 cm³/mol. The second kappa shape index (κ2) is 16.1. The van der Waals surface area contributed by atoms with E-state index in [0.29, 0.717) is 24.7 Å². The van der Waals surface area contributed by atoms with Crippen LogP contribution in [0, 0.1) is 11.8 Å². The first kappa shape index (κ1) is 40.5. The van der Waals surface area contributed by atoms with Gasteiger partial charge < -0.3 is 0 Å². The average molecular weight is 840 g/mol. The van der Waals surface area contributed by atoms with E-state index in [1.165, 1.54) is 33.4 Å². The number of allylic oxidation sites excluding steroid dienone is 2. The number of nitrogens with one attached hydrogen (secondary N) is 2. The topological polar surface area (TPSA) is 58.2 Å². The normalized spacial score (nSPS) is 18.2. The van der Waals surface area contributed by atoms with Crippen molar-refractivity contribution in [2.45, 2.75) is 87.3 Å². The van der Waals surface area contributed by atoms with Gasteiger partial charge in [-0.25, -0.2) is 0 Å². The molecule has 54 heavy (non-hydrogen) atoms. The fourth-order valence-electron chi connectivity index (χ4n) is 9.37. The molecule has 4 unspecified atom stereocenters. The van der Waals surface area contributed by atoms with E-state index in [4.69, 9.17) is 17.0 Å². The van der Waals surface area contributed by atoms with Crippen LogP contribution in [0.3, 0.4) is 0 Å². The van der Waals surface area contributed by atoms with Crippen molar-refractivity contribution in [2.24, 2.45) is 11.8 Å². The van der Waals surface area contributed by atoms with E-state index in [1.54, 1.807) is 0 Å². The summed E-state index contributed by atoms with van der Waals surface area (Å²) in [5, 5.41) is 6.06. The molecule has 4 atom stereocenters. The van der Waals surface area contributed by atoms with E-state index in [2.05, 4.69) is 163 Å². The van der Waals surface area contributed by atoms with Gasteiger partial charge in [0.15, 0.2) is 0 Å². The minimum absolute atomic E-state index is 0.134. The second-order valence-electron chi connectivity index (χ2n) is 16.1. The van der Waals surface area contributed by atoms with Crippen LogP contribution in [0.4, 0.5) is 0 Å². The summed E-state index contributed by atoms with van der Waals surface area (Å²) in [5.74, 6) is 0.915. The zero-order valence-corrected chi connectivity index (χ0v) is 36.9. The van der Waals surface area contributed by atoms with Gasteiger partial charge in [-0.05, 0) is 0 Å². The Labute approximate surface area is 331 Å². The van der Waals surface area contributed by atoms with Crippen molar-refractivity contribution in [2.75, 3.05) is 0 Å². The molecule has 0 spiro atoms. The van der Waals surface area contributed by atoms with Gasteiger partial charge in [0.1, 0.15) is 0 Å². The van der Waals surface area contributed by atoms with E-state index < -0.39 is 27.9 Å². The van der Waals surface area contributed by atoms with Gasteiger partial charge in [0.2, 0.25) is 0 Å². The second-order valence-corrected chi connectivity index (χ2v) is 37.5. The van der Waals surface area contributed by atoms with Gasteiger partial charge in [-0.15, -0.1) is 0 Å². The summed E-state index contributed by atoms with van der Waals surface area (Å²) in [6, 6.07) is 30.3. The molecule has 2 aliphatic rings. The van der Waals surface area contributed by atoms with Crippen molar-refractivity contribution in [1.29, 1.82) is 0 Å². The number of amides is 2. The molecule has 6 rings (SSSR count). The first-order valence-electron chi connectivity index (χ1n) is 19.7. The maximum atomic E-state index is 12.6. The van der Waals surface area contributed by atoms with Crippen LogP contribution in [-0.2, 0) is 25.8 Å². The SMILES string of the molecule is CCC(C)C1=Cc2c(-c3ccccc3C(C)C)cccc2[CH]1[Zr]([Cl])([Cl])([B](NC=O)NC=O)[CH]1C(C(C)CC)=Cc2c(-c3ccccc3C(C)C)cccc21. The van der Waals surface area contributed by atoms with Gasteiger partial charge >= 0.3 is 334 Å². The molecule has 2 amide bonds. The molecule has 2 aliphatic carbocycles. The van der Waals surface area contributed by atoms with Gasteiger partial charge in [-0.2, -0.15) is 0 Å².